The molecule has 116 valence electrons. The molecule has 1 heterocycles. The SMILES string of the molecule is CC(N)Cc1cccc(Cl)c1N1CCC2(CCCC2)CC1. The Balaban J connectivity index is 1.78. The lowest BCUT2D eigenvalue weighted by atomic mass is 9.77. The molecule has 2 aliphatic rings. The van der Waals surface area contributed by atoms with Crippen molar-refractivity contribution in [1.29, 1.82) is 0 Å². The molecular weight excluding hydrogens is 280 g/mol. The van der Waals surface area contributed by atoms with Gasteiger partial charge in [-0.15, -0.1) is 0 Å². The van der Waals surface area contributed by atoms with Crippen LogP contribution in [0.4, 0.5) is 5.69 Å². The molecule has 0 amide bonds. The Morgan fingerprint density at radius 1 is 1.19 bits per heavy atom. The number of nitrogens with zero attached hydrogens (tertiary/aromatic N) is 1. The Bertz CT molecular complexity index is 482. The van der Waals surface area contributed by atoms with Crippen molar-refractivity contribution in [2.24, 2.45) is 11.1 Å². The van der Waals surface area contributed by atoms with Gasteiger partial charge in [-0.05, 0) is 56.1 Å². The van der Waals surface area contributed by atoms with E-state index in [0.29, 0.717) is 5.41 Å². The van der Waals surface area contributed by atoms with Crippen molar-refractivity contribution in [2.45, 2.75) is 57.9 Å². The molecule has 1 saturated carbocycles. The lowest BCUT2D eigenvalue weighted by Crippen LogP contribution is -2.39. The maximum absolute atomic E-state index is 6.51. The Morgan fingerprint density at radius 2 is 1.86 bits per heavy atom. The van der Waals surface area contributed by atoms with E-state index in [4.69, 9.17) is 17.3 Å². The number of hydrogen-bond acceptors (Lipinski definition) is 2. The van der Waals surface area contributed by atoms with Gasteiger partial charge in [0.25, 0.3) is 0 Å². The van der Waals surface area contributed by atoms with Crippen molar-refractivity contribution in [2.75, 3.05) is 18.0 Å². The summed E-state index contributed by atoms with van der Waals surface area (Å²) >= 11 is 6.51. The molecule has 1 aliphatic heterocycles. The van der Waals surface area contributed by atoms with Crippen LogP contribution in [0.15, 0.2) is 18.2 Å². The second-order valence-electron chi connectivity index (χ2n) is 7.12. The summed E-state index contributed by atoms with van der Waals surface area (Å²) in [6.07, 6.45) is 9.30. The lowest BCUT2D eigenvalue weighted by Gasteiger charge is -2.41. The van der Waals surface area contributed by atoms with Gasteiger partial charge in [-0.3, -0.25) is 0 Å². The topological polar surface area (TPSA) is 29.3 Å². The fourth-order valence-electron chi connectivity index (χ4n) is 4.26. The number of piperidine rings is 1. The van der Waals surface area contributed by atoms with Gasteiger partial charge in [-0.2, -0.15) is 0 Å². The van der Waals surface area contributed by atoms with Crippen LogP contribution in [0.1, 0.15) is 51.0 Å². The average Bonchev–Trinajstić information content (AvgIpc) is 2.89. The predicted molar refractivity (Wildman–Crippen MR) is 91.2 cm³/mol. The molecule has 0 aromatic heterocycles. The first-order valence-electron chi connectivity index (χ1n) is 8.38. The summed E-state index contributed by atoms with van der Waals surface area (Å²) in [6.45, 7) is 4.36. The smallest absolute Gasteiger partial charge is 0.0642 e. The summed E-state index contributed by atoms with van der Waals surface area (Å²) in [5.41, 5.74) is 9.20. The van der Waals surface area contributed by atoms with Crippen molar-refractivity contribution >= 4 is 17.3 Å². The van der Waals surface area contributed by atoms with Crippen LogP contribution in [-0.2, 0) is 6.42 Å². The molecule has 1 aromatic rings. The van der Waals surface area contributed by atoms with Crippen molar-refractivity contribution in [3.63, 3.8) is 0 Å². The van der Waals surface area contributed by atoms with Gasteiger partial charge >= 0.3 is 0 Å². The molecule has 0 radical (unpaired) electrons. The number of para-hydroxylation sites is 1. The van der Waals surface area contributed by atoms with E-state index in [1.54, 1.807) is 0 Å². The zero-order chi connectivity index (χ0) is 14.9. The van der Waals surface area contributed by atoms with Crippen molar-refractivity contribution in [1.82, 2.24) is 0 Å². The largest absolute Gasteiger partial charge is 0.370 e. The number of benzene rings is 1. The highest BCUT2D eigenvalue weighted by Crippen LogP contribution is 2.47. The van der Waals surface area contributed by atoms with Gasteiger partial charge < -0.3 is 10.6 Å². The average molecular weight is 307 g/mol. The molecule has 1 saturated heterocycles. The molecule has 0 bridgehead atoms. The molecule has 1 atom stereocenters. The first-order valence-corrected chi connectivity index (χ1v) is 8.75. The second kappa shape index (κ2) is 6.18. The molecule has 3 rings (SSSR count). The number of halogens is 1. The van der Waals surface area contributed by atoms with Crippen molar-refractivity contribution in [3.8, 4) is 0 Å². The van der Waals surface area contributed by atoms with Gasteiger partial charge in [-0.25, -0.2) is 0 Å². The summed E-state index contributed by atoms with van der Waals surface area (Å²) in [5, 5.41) is 0.885. The van der Waals surface area contributed by atoms with Gasteiger partial charge in [0.1, 0.15) is 0 Å². The van der Waals surface area contributed by atoms with E-state index in [2.05, 4.69) is 17.9 Å². The Hall–Kier alpha value is -0.730. The standard InChI is InChI=1S/C18H27ClN2/c1-14(20)13-15-5-4-6-16(19)17(15)21-11-9-18(10-12-21)7-2-3-8-18/h4-6,14H,2-3,7-13,20H2,1H3. The second-order valence-corrected chi connectivity index (χ2v) is 7.53. The van der Waals surface area contributed by atoms with E-state index < -0.39 is 0 Å². The van der Waals surface area contributed by atoms with Crippen molar-refractivity contribution < 1.29 is 0 Å². The summed E-state index contributed by atoms with van der Waals surface area (Å²) in [6, 6.07) is 6.42. The minimum absolute atomic E-state index is 0.174. The summed E-state index contributed by atoms with van der Waals surface area (Å²) in [7, 11) is 0. The van der Waals surface area contributed by atoms with Crippen molar-refractivity contribution in [3.05, 3.63) is 28.8 Å². The van der Waals surface area contributed by atoms with E-state index in [1.807, 2.05) is 12.1 Å². The molecule has 21 heavy (non-hydrogen) atoms. The number of anilines is 1. The van der Waals surface area contributed by atoms with Crippen LogP contribution < -0.4 is 10.6 Å². The van der Waals surface area contributed by atoms with Gasteiger partial charge in [0.15, 0.2) is 0 Å². The van der Waals surface area contributed by atoms with Gasteiger partial charge in [0, 0.05) is 19.1 Å². The predicted octanol–water partition coefficient (Wildman–Crippen LogP) is 4.39. The Kier molecular flexibility index (Phi) is 4.46. The highest BCUT2D eigenvalue weighted by atomic mass is 35.5. The normalized spacial score (nSPS) is 22.7. The van der Waals surface area contributed by atoms with Gasteiger partial charge in [0.05, 0.1) is 10.7 Å². The Labute approximate surface area is 133 Å². The lowest BCUT2D eigenvalue weighted by molar-refractivity contribution is 0.226. The zero-order valence-electron chi connectivity index (χ0n) is 13.1. The maximum atomic E-state index is 6.51. The molecule has 1 unspecified atom stereocenters. The van der Waals surface area contributed by atoms with Crippen LogP contribution in [0.2, 0.25) is 5.02 Å². The third-order valence-electron chi connectivity index (χ3n) is 5.42. The Morgan fingerprint density at radius 3 is 2.48 bits per heavy atom. The molecule has 2 N–H and O–H groups in total. The quantitative estimate of drug-likeness (QED) is 0.897. The van der Waals surface area contributed by atoms with E-state index >= 15 is 0 Å². The van der Waals surface area contributed by atoms with Crippen LogP contribution in [0.25, 0.3) is 0 Å². The molecule has 1 spiro atoms. The van der Waals surface area contributed by atoms with Crippen LogP contribution in [0.5, 0.6) is 0 Å². The molecule has 1 aromatic carbocycles. The van der Waals surface area contributed by atoms with Crippen LogP contribution in [0, 0.1) is 5.41 Å². The summed E-state index contributed by atoms with van der Waals surface area (Å²) in [5.74, 6) is 0. The highest BCUT2D eigenvalue weighted by Gasteiger charge is 2.37. The zero-order valence-corrected chi connectivity index (χ0v) is 13.8. The summed E-state index contributed by atoms with van der Waals surface area (Å²) in [4.78, 5) is 2.50. The minimum Gasteiger partial charge on any atom is -0.370 e. The molecule has 1 aliphatic carbocycles. The fourth-order valence-corrected chi connectivity index (χ4v) is 4.57. The molecular formula is C18H27ClN2. The van der Waals surface area contributed by atoms with Gasteiger partial charge in [0.2, 0.25) is 0 Å². The van der Waals surface area contributed by atoms with E-state index in [1.165, 1.54) is 49.8 Å². The first kappa shape index (κ1) is 15.2. The molecule has 3 heteroatoms. The molecule has 2 nitrogen and oxygen atoms in total. The first-order chi connectivity index (χ1) is 10.1. The number of hydrogen-bond donors (Lipinski definition) is 1. The monoisotopic (exact) mass is 306 g/mol. The number of rotatable bonds is 3. The third kappa shape index (κ3) is 3.22. The van der Waals surface area contributed by atoms with E-state index in [9.17, 15) is 0 Å². The van der Waals surface area contributed by atoms with Gasteiger partial charge in [-0.1, -0.05) is 36.6 Å². The van der Waals surface area contributed by atoms with E-state index in [-0.39, 0.29) is 6.04 Å². The van der Waals surface area contributed by atoms with Crippen LogP contribution in [-0.4, -0.2) is 19.1 Å². The highest BCUT2D eigenvalue weighted by molar-refractivity contribution is 6.33. The third-order valence-corrected chi connectivity index (χ3v) is 5.72. The summed E-state index contributed by atoms with van der Waals surface area (Å²) < 4.78 is 0. The maximum Gasteiger partial charge on any atom is 0.0642 e. The molecule has 2 fully saturated rings. The number of nitrogens with two attached hydrogens (primary N) is 1. The van der Waals surface area contributed by atoms with Crippen LogP contribution >= 0.6 is 11.6 Å². The van der Waals surface area contributed by atoms with Crippen LogP contribution in [0.3, 0.4) is 0 Å². The van der Waals surface area contributed by atoms with E-state index in [0.717, 1.165) is 24.5 Å². The fraction of sp³-hybridized carbons (Fsp3) is 0.667. The minimum atomic E-state index is 0.174.